The first-order valence-electron chi connectivity index (χ1n) is 6.57. The van der Waals surface area contributed by atoms with E-state index in [1.165, 1.54) is 25.7 Å². The van der Waals surface area contributed by atoms with Gasteiger partial charge in [0.05, 0.1) is 0 Å². The summed E-state index contributed by atoms with van der Waals surface area (Å²) in [6, 6.07) is 0. The molecule has 1 saturated heterocycles. The number of likely N-dealkylation sites (tertiary alicyclic amines) is 1. The number of amides is 1. The fourth-order valence-electron chi connectivity index (χ4n) is 2.98. The molecule has 1 atom stereocenters. The second-order valence-corrected chi connectivity index (χ2v) is 5.68. The number of hydrogen-bond donors (Lipinski definition) is 1. The van der Waals surface area contributed by atoms with Crippen molar-refractivity contribution in [3.8, 4) is 0 Å². The quantitative estimate of drug-likeness (QED) is 0.793. The van der Waals surface area contributed by atoms with E-state index < -0.39 is 0 Å². The van der Waals surface area contributed by atoms with Gasteiger partial charge in [-0.05, 0) is 24.7 Å². The number of carbonyl (C=O) groups excluding carboxylic acids is 1. The van der Waals surface area contributed by atoms with Crippen LogP contribution in [0.15, 0.2) is 0 Å². The Morgan fingerprint density at radius 1 is 1.25 bits per heavy atom. The molecule has 3 heteroatoms. The number of nitrogens with zero attached hydrogens (tertiary/aromatic N) is 1. The zero-order chi connectivity index (χ0) is 11.5. The fraction of sp³-hybridized carbons (Fsp3) is 0.923. The Kier molecular flexibility index (Phi) is 3.85. The van der Waals surface area contributed by atoms with Gasteiger partial charge in [0.15, 0.2) is 0 Å². The molecule has 0 radical (unpaired) electrons. The van der Waals surface area contributed by atoms with E-state index in [-0.39, 0.29) is 18.4 Å². The molecule has 0 bridgehead atoms. The van der Waals surface area contributed by atoms with Gasteiger partial charge in [0.2, 0.25) is 5.91 Å². The van der Waals surface area contributed by atoms with Crippen LogP contribution in [-0.4, -0.2) is 35.6 Å². The average Bonchev–Trinajstić information content (AvgIpc) is 2.63. The van der Waals surface area contributed by atoms with Crippen molar-refractivity contribution < 1.29 is 9.90 Å². The Balaban J connectivity index is 1.79. The summed E-state index contributed by atoms with van der Waals surface area (Å²) in [5.74, 6) is 2.01. The van der Waals surface area contributed by atoms with Crippen molar-refractivity contribution in [1.29, 1.82) is 0 Å². The number of carbonyl (C=O) groups is 1. The number of rotatable bonds is 3. The summed E-state index contributed by atoms with van der Waals surface area (Å²) in [5.41, 5.74) is 0. The summed E-state index contributed by atoms with van der Waals surface area (Å²) in [5, 5.41) is 9.06. The topological polar surface area (TPSA) is 40.5 Å². The minimum absolute atomic E-state index is 0.157. The van der Waals surface area contributed by atoms with Crippen LogP contribution < -0.4 is 0 Å². The molecule has 1 N–H and O–H groups in total. The smallest absolute Gasteiger partial charge is 0.223 e. The Morgan fingerprint density at radius 2 is 1.94 bits per heavy atom. The third-order valence-electron chi connectivity index (χ3n) is 4.17. The Hall–Kier alpha value is -0.570. The van der Waals surface area contributed by atoms with Crippen LogP contribution in [0.3, 0.4) is 0 Å². The molecule has 16 heavy (non-hydrogen) atoms. The van der Waals surface area contributed by atoms with Crippen LogP contribution in [0.2, 0.25) is 0 Å². The van der Waals surface area contributed by atoms with Gasteiger partial charge >= 0.3 is 0 Å². The lowest BCUT2D eigenvalue weighted by atomic mass is 9.83. The van der Waals surface area contributed by atoms with Crippen LogP contribution in [0, 0.1) is 17.8 Å². The van der Waals surface area contributed by atoms with Gasteiger partial charge in [0.25, 0.3) is 0 Å². The summed E-state index contributed by atoms with van der Waals surface area (Å²) < 4.78 is 0. The normalized spacial score (nSPS) is 35.8. The SMILES string of the molecule is CC1CCC(CN2CC(CO)CC2=O)CC1. The molecule has 1 aliphatic heterocycles. The van der Waals surface area contributed by atoms with Crippen LogP contribution in [-0.2, 0) is 4.79 Å². The van der Waals surface area contributed by atoms with Crippen molar-refractivity contribution in [3.63, 3.8) is 0 Å². The van der Waals surface area contributed by atoms with Gasteiger partial charge < -0.3 is 10.0 Å². The Bertz CT molecular complexity index is 246. The van der Waals surface area contributed by atoms with E-state index in [9.17, 15) is 4.79 Å². The van der Waals surface area contributed by atoms with E-state index in [4.69, 9.17) is 5.11 Å². The molecule has 2 fully saturated rings. The third-order valence-corrected chi connectivity index (χ3v) is 4.17. The lowest BCUT2D eigenvalue weighted by molar-refractivity contribution is -0.128. The number of aliphatic hydroxyl groups is 1. The lowest BCUT2D eigenvalue weighted by Crippen LogP contribution is -2.32. The molecule has 0 spiro atoms. The Labute approximate surface area is 97.8 Å². The largest absolute Gasteiger partial charge is 0.396 e. The highest BCUT2D eigenvalue weighted by Crippen LogP contribution is 2.30. The van der Waals surface area contributed by atoms with Gasteiger partial charge in [-0.2, -0.15) is 0 Å². The van der Waals surface area contributed by atoms with Crippen molar-refractivity contribution in [1.82, 2.24) is 4.90 Å². The van der Waals surface area contributed by atoms with E-state index in [1.807, 2.05) is 4.90 Å². The van der Waals surface area contributed by atoms with Crippen molar-refractivity contribution in [3.05, 3.63) is 0 Å². The summed E-state index contributed by atoms with van der Waals surface area (Å²) in [7, 11) is 0. The molecule has 1 unspecified atom stereocenters. The van der Waals surface area contributed by atoms with Gasteiger partial charge in [-0.3, -0.25) is 4.79 Å². The highest BCUT2D eigenvalue weighted by atomic mass is 16.3. The van der Waals surface area contributed by atoms with Gasteiger partial charge in [0.1, 0.15) is 0 Å². The van der Waals surface area contributed by atoms with E-state index in [0.29, 0.717) is 12.3 Å². The molecule has 1 saturated carbocycles. The minimum Gasteiger partial charge on any atom is -0.396 e. The molecule has 1 amide bonds. The highest BCUT2D eigenvalue weighted by molar-refractivity contribution is 5.78. The molecular formula is C13H23NO2. The molecule has 92 valence electrons. The second-order valence-electron chi connectivity index (χ2n) is 5.68. The molecule has 2 aliphatic rings. The monoisotopic (exact) mass is 225 g/mol. The molecule has 2 rings (SSSR count). The molecule has 3 nitrogen and oxygen atoms in total. The first-order valence-corrected chi connectivity index (χ1v) is 6.57. The van der Waals surface area contributed by atoms with E-state index >= 15 is 0 Å². The van der Waals surface area contributed by atoms with Gasteiger partial charge in [-0.15, -0.1) is 0 Å². The second kappa shape index (κ2) is 5.17. The zero-order valence-corrected chi connectivity index (χ0v) is 10.2. The maximum absolute atomic E-state index is 11.7. The van der Waals surface area contributed by atoms with E-state index in [2.05, 4.69) is 6.92 Å². The van der Waals surface area contributed by atoms with E-state index in [1.54, 1.807) is 0 Å². The van der Waals surface area contributed by atoms with Crippen LogP contribution in [0.4, 0.5) is 0 Å². The Morgan fingerprint density at radius 3 is 2.50 bits per heavy atom. The van der Waals surface area contributed by atoms with Crippen molar-refractivity contribution in [2.24, 2.45) is 17.8 Å². The van der Waals surface area contributed by atoms with Crippen LogP contribution >= 0.6 is 0 Å². The average molecular weight is 225 g/mol. The molecule has 1 heterocycles. The highest BCUT2D eigenvalue weighted by Gasteiger charge is 2.31. The van der Waals surface area contributed by atoms with Crippen LogP contribution in [0.1, 0.15) is 39.0 Å². The summed E-state index contributed by atoms with van der Waals surface area (Å²) in [6.45, 7) is 4.19. The van der Waals surface area contributed by atoms with E-state index in [0.717, 1.165) is 19.0 Å². The van der Waals surface area contributed by atoms with Crippen LogP contribution in [0.25, 0.3) is 0 Å². The molecule has 0 aromatic rings. The van der Waals surface area contributed by atoms with Crippen LogP contribution in [0.5, 0.6) is 0 Å². The summed E-state index contributed by atoms with van der Waals surface area (Å²) in [6.07, 6.45) is 5.73. The maximum atomic E-state index is 11.7. The fourth-order valence-corrected chi connectivity index (χ4v) is 2.98. The molecular weight excluding hydrogens is 202 g/mol. The first kappa shape index (κ1) is 11.9. The van der Waals surface area contributed by atoms with Crippen molar-refractivity contribution >= 4 is 5.91 Å². The predicted octanol–water partition coefficient (Wildman–Crippen LogP) is 1.65. The van der Waals surface area contributed by atoms with Gasteiger partial charge in [0, 0.05) is 32.0 Å². The molecule has 1 aliphatic carbocycles. The lowest BCUT2D eigenvalue weighted by Gasteiger charge is -2.29. The van der Waals surface area contributed by atoms with Gasteiger partial charge in [-0.25, -0.2) is 0 Å². The molecule has 0 aromatic carbocycles. The zero-order valence-electron chi connectivity index (χ0n) is 10.2. The standard InChI is InChI=1S/C13H23NO2/c1-10-2-4-11(5-3-10)7-14-8-12(9-15)6-13(14)16/h10-12,15H,2-9H2,1H3. The predicted molar refractivity (Wildman–Crippen MR) is 62.9 cm³/mol. The van der Waals surface area contributed by atoms with Crippen molar-refractivity contribution in [2.45, 2.75) is 39.0 Å². The maximum Gasteiger partial charge on any atom is 0.223 e. The summed E-state index contributed by atoms with van der Waals surface area (Å²) in [4.78, 5) is 13.7. The first-order chi connectivity index (χ1) is 7.69. The summed E-state index contributed by atoms with van der Waals surface area (Å²) >= 11 is 0. The number of hydrogen-bond acceptors (Lipinski definition) is 2. The van der Waals surface area contributed by atoms with Crippen molar-refractivity contribution in [2.75, 3.05) is 19.7 Å². The third kappa shape index (κ3) is 2.76. The minimum atomic E-state index is 0.157. The number of aliphatic hydroxyl groups excluding tert-OH is 1. The van der Waals surface area contributed by atoms with Gasteiger partial charge in [-0.1, -0.05) is 19.8 Å². The molecule has 0 aromatic heterocycles.